The highest BCUT2D eigenvalue weighted by molar-refractivity contribution is 14.0. The Morgan fingerprint density at radius 2 is 1.92 bits per heavy atom. The van der Waals surface area contributed by atoms with Gasteiger partial charge in [0, 0.05) is 19.8 Å². The highest BCUT2D eigenvalue weighted by Crippen LogP contribution is 2.19. The number of nitrogens with zero attached hydrogens (tertiary/aromatic N) is 2. The van der Waals surface area contributed by atoms with Crippen LogP contribution in [-0.4, -0.2) is 20.1 Å². The summed E-state index contributed by atoms with van der Waals surface area (Å²) in [6, 6.07) is 13.2. The molecule has 3 N–H and O–H groups in total. The first-order valence-corrected chi connectivity index (χ1v) is 7.99. The van der Waals surface area contributed by atoms with Gasteiger partial charge in [-0.3, -0.25) is 0 Å². The van der Waals surface area contributed by atoms with Gasteiger partial charge in [0.1, 0.15) is 5.82 Å². The third kappa shape index (κ3) is 6.19. The summed E-state index contributed by atoms with van der Waals surface area (Å²) >= 11 is 0. The highest BCUT2D eigenvalue weighted by atomic mass is 127. The van der Waals surface area contributed by atoms with E-state index in [4.69, 9.17) is 5.73 Å². The number of guanidine groups is 1. The fourth-order valence-electron chi connectivity index (χ4n) is 2.35. The first-order chi connectivity index (χ1) is 11.4. The van der Waals surface area contributed by atoms with Crippen molar-refractivity contribution in [1.29, 1.82) is 0 Å². The van der Waals surface area contributed by atoms with Crippen LogP contribution in [-0.2, 0) is 6.54 Å². The van der Waals surface area contributed by atoms with E-state index in [1.54, 1.807) is 11.0 Å². The summed E-state index contributed by atoms with van der Waals surface area (Å²) in [6.07, 6.45) is 0. The molecule has 0 spiro atoms. The number of hydrogen-bond acceptors (Lipinski definition) is 2. The fourth-order valence-corrected chi connectivity index (χ4v) is 2.35. The lowest BCUT2D eigenvalue weighted by Gasteiger charge is -2.14. The zero-order valence-electron chi connectivity index (χ0n) is 15.1. The molecule has 0 atom stereocenters. The average Bonchev–Trinajstić information content (AvgIpc) is 2.53. The van der Waals surface area contributed by atoms with Crippen LogP contribution in [0.25, 0.3) is 0 Å². The Morgan fingerprint density at radius 3 is 2.52 bits per heavy atom. The van der Waals surface area contributed by atoms with Gasteiger partial charge in [0.05, 0.1) is 12.2 Å². The van der Waals surface area contributed by atoms with Crippen LogP contribution in [0.4, 0.5) is 15.8 Å². The molecule has 4 nitrogen and oxygen atoms in total. The van der Waals surface area contributed by atoms with Gasteiger partial charge in [0.15, 0.2) is 5.96 Å². The molecule has 0 aromatic heterocycles. The molecule has 0 fully saturated rings. The smallest absolute Gasteiger partial charge is 0.193 e. The molecule has 0 radical (unpaired) electrons. The van der Waals surface area contributed by atoms with Crippen molar-refractivity contribution >= 4 is 41.3 Å². The quantitative estimate of drug-likeness (QED) is 0.394. The molecule has 0 heterocycles. The van der Waals surface area contributed by atoms with Crippen molar-refractivity contribution in [2.45, 2.75) is 26.3 Å². The molecule has 0 saturated heterocycles. The Balaban J connectivity index is 0.00000312. The van der Waals surface area contributed by atoms with Gasteiger partial charge in [0.2, 0.25) is 0 Å². The van der Waals surface area contributed by atoms with E-state index in [9.17, 15) is 4.39 Å². The number of anilines is 2. The zero-order valence-corrected chi connectivity index (χ0v) is 17.4. The summed E-state index contributed by atoms with van der Waals surface area (Å²) in [6.45, 7) is 4.61. The van der Waals surface area contributed by atoms with Crippen molar-refractivity contribution in [2.75, 3.05) is 24.3 Å². The molecule has 0 aliphatic carbocycles. The Hall–Kier alpha value is -1.83. The van der Waals surface area contributed by atoms with E-state index in [0.717, 1.165) is 11.3 Å². The molecule has 136 valence electrons. The minimum atomic E-state index is -0.260. The van der Waals surface area contributed by atoms with Gasteiger partial charge >= 0.3 is 0 Å². The number of hydrogen-bond donors (Lipinski definition) is 2. The third-order valence-corrected chi connectivity index (χ3v) is 3.75. The summed E-state index contributed by atoms with van der Waals surface area (Å²) in [4.78, 5) is 6.02. The van der Waals surface area contributed by atoms with Gasteiger partial charge in [0.25, 0.3) is 0 Å². The molecule has 0 aliphatic heterocycles. The Kier molecular flexibility index (Phi) is 8.15. The van der Waals surface area contributed by atoms with Gasteiger partial charge in [-0.1, -0.05) is 32.0 Å². The summed E-state index contributed by atoms with van der Waals surface area (Å²) in [5, 5.41) is 3.08. The third-order valence-electron chi connectivity index (χ3n) is 3.75. The van der Waals surface area contributed by atoms with Crippen molar-refractivity contribution < 1.29 is 4.39 Å². The summed E-state index contributed by atoms with van der Waals surface area (Å²) in [5.74, 6) is 0.500. The molecule has 0 unspecified atom stereocenters. The van der Waals surface area contributed by atoms with Crippen molar-refractivity contribution in [3.8, 4) is 0 Å². The molecule has 25 heavy (non-hydrogen) atoms. The number of nitrogens with one attached hydrogen (secondary N) is 1. The predicted molar refractivity (Wildman–Crippen MR) is 116 cm³/mol. The topological polar surface area (TPSA) is 53.6 Å². The van der Waals surface area contributed by atoms with Crippen molar-refractivity contribution in [2.24, 2.45) is 10.7 Å². The van der Waals surface area contributed by atoms with Gasteiger partial charge < -0.3 is 16.0 Å². The SMILES string of the molecule is CC(C)c1cccc(NC(N)=NCc2ccc(N(C)C)c(F)c2)c1.I. The first-order valence-electron chi connectivity index (χ1n) is 7.99. The second-order valence-electron chi connectivity index (χ2n) is 6.29. The van der Waals surface area contributed by atoms with Crippen LogP contribution in [0.15, 0.2) is 47.5 Å². The Labute approximate surface area is 166 Å². The fraction of sp³-hybridized carbons (Fsp3) is 0.316. The zero-order chi connectivity index (χ0) is 17.7. The van der Waals surface area contributed by atoms with Gasteiger partial charge in [-0.25, -0.2) is 9.38 Å². The summed E-state index contributed by atoms with van der Waals surface area (Å²) < 4.78 is 14.0. The number of rotatable bonds is 5. The minimum absolute atomic E-state index is 0. The Morgan fingerprint density at radius 1 is 1.20 bits per heavy atom. The lowest BCUT2D eigenvalue weighted by molar-refractivity contribution is 0.624. The van der Waals surface area contributed by atoms with Crippen molar-refractivity contribution in [1.82, 2.24) is 0 Å². The Bertz CT molecular complexity index is 729. The van der Waals surface area contributed by atoms with E-state index < -0.39 is 0 Å². The maximum atomic E-state index is 14.0. The lowest BCUT2D eigenvalue weighted by Crippen LogP contribution is -2.22. The largest absolute Gasteiger partial charge is 0.375 e. The van der Waals surface area contributed by atoms with Crippen molar-refractivity contribution in [3.63, 3.8) is 0 Å². The standard InChI is InChI=1S/C19H25FN4.HI/c1-13(2)15-6-5-7-16(11-15)23-19(21)22-12-14-8-9-18(24(3)4)17(20)10-14;/h5-11,13H,12H2,1-4H3,(H3,21,22,23);1H. The molecular weight excluding hydrogens is 430 g/mol. The maximum Gasteiger partial charge on any atom is 0.193 e. The molecule has 2 rings (SSSR count). The predicted octanol–water partition coefficient (Wildman–Crippen LogP) is 4.56. The van der Waals surface area contributed by atoms with Crippen LogP contribution in [0.5, 0.6) is 0 Å². The number of benzene rings is 2. The van der Waals surface area contributed by atoms with Crippen molar-refractivity contribution in [3.05, 3.63) is 59.4 Å². The van der Waals surface area contributed by atoms with Crippen LogP contribution < -0.4 is 16.0 Å². The minimum Gasteiger partial charge on any atom is -0.375 e. The van der Waals surface area contributed by atoms with Gasteiger partial charge in [-0.15, -0.1) is 24.0 Å². The van der Waals surface area contributed by atoms with E-state index in [1.165, 1.54) is 11.6 Å². The monoisotopic (exact) mass is 456 g/mol. The van der Waals surface area contributed by atoms with Gasteiger partial charge in [-0.2, -0.15) is 0 Å². The molecule has 2 aromatic rings. The highest BCUT2D eigenvalue weighted by Gasteiger charge is 2.05. The maximum absolute atomic E-state index is 14.0. The van der Waals surface area contributed by atoms with E-state index >= 15 is 0 Å². The second kappa shape index (κ2) is 9.60. The number of halogens is 2. The normalized spacial score (nSPS) is 11.2. The van der Waals surface area contributed by atoms with Crippen LogP contribution >= 0.6 is 24.0 Å². The summed E-state index contributed by atoms with van der Waals surface area (Å²) in [7, 11) is 3.62. The van der Waals surface area contributed by atoms with E-state index in [1.807, 2.05) is 32.3 Å². The van der Waals surface area contributed by atoms with E-state index in [2.05, 4.69) is 36.3 Å². The molecule has 0 bridgehead atoms. The van der Waals surface area contributed by atoms with Crippen LogP contribution in [0, 0.1) is 5.82 Å². The molecule has 0 aliphatic rings. The first kappa shape index (κ1) is 21.2. The van der Waals surface area contributed by atoms with Crippen LogP contribution in [0.2, 0.25) is 0 Å². The van der Waals surface area contributed by atoms with E-state index in [0.29, 0.717) is 24.1 Å². The van der Waals surface area contributed by atoms with Gasteiger partial charge in [-0.05, 0) is 41.3 Å². The van der Waals surface area contributed by atoms with E-state index in [-0.39, 0.29) is 29.8 Å². The molecule has 6 heteroatoms. The average molecular weight is 456 g/mol. The lowest BCUT2D eigenvalue weighted by atomic mass is 10.0. The molecule has 0 saturated carbocycles. The number of aliphatic imine (C=N–C) groups is 1. The summed E-state index contributed by atoms with van der Waals surface area (Å²) in [5.41, 5.74) is 9.39. The van der Waals surface area contributed by atoms with Crippen LogP contribution in [0.1, 0.15) is 30.9 Å². The van der Waals surface area contributed by atoms with Crippen LogP contribution in [0.3, 0.4) is 0 Å². The molecule has 0 amide bonds. The molecule has 2 aromatic carbocycles. The second-order valence-corrected chi connectivity index (χ2v) is 6.29. The number of nitrogens with two attached hydrogens (primary N) is 1. The molecular formula is C19H26FIN4.